The number of Topliss-reactive ketones (excluding diaryl/α,β-unsaturated/α-hetero) is 1. The molecule has 0 aromatic heterocycles. The van der Waals surface area contributed by atoms with Crippen molar-refractivity contribution in [3.63, 3.8) is 0 Å². The molecule has 0 saturated carbocycles. The fraction of sp³-hybridized carbons (Fsp3) is 0.533. The summed E-state index contributed by atoms with van der Waals surface area (Å²) >= 11 is 0. The number of carbonyl (C=O) groups is 1. The third kappa shape index (κ3) is 4.33. The topological polar surface area (TPSA) is 40.0 Å². The third-order valence-corrected chi connectivity index (χ3v) is 3.39. The van der Waals surface area contributed by atoms with Gasteiger partial charge >= 0.3 is 0 Å². The number of ether oxygens (including phenoxy) is 2. The van der Waals surface area contributed by atoms with Gasteiger partial charge in [0.1, 0.15) is 18.8 Å². The molecule has 19 heavy (non-hydrogen) atoms. The Morgan fingerprint density at radius 3 is 2.58 bits per heavy atom. The molecule has 4 nitrogen and oxygen atoms in total. The molecule has 1 fully saturated rings. The maximum atomic E-state index is 12.1. The zero-order chi connectivity index (χ0) is 13.5. The Bertz CT molecular complexity index is 396. The van der Waals surface area contributed by atoms with E-state index >= 15 is 0 Å². The van der Waals surface area contributed by atoms with E-state index in [1.807, 2.05) is 31.2 Å². The molecule has 0 aliphatic carbocycles. The van der Waals surface area contributed by atoms with E-state index in [2.05, 4.69) is 0 Å². The van der Waals surface area contributed by atoms with Gasteiger partial charge < -0.3 is 14.4 Å². The van der Waals surface area contributed by atoms with Crippen molar-refractivity contribution in [3.05, 3.63) is 29.8 Å². The first kappa shape index (κ1) is 14.0. The van der Waals surface area contributed by atoms with Crippen molar-refractivity contribution >= 4 is 5.78 Å². The van der Waals surface area contributed by atoms with Crippen molar-refractivity contribution < 1.29 is 19.2 Å². The molecule has 104 valence electrons. The summed E-state index contributed by atoms with van der Waals surface area (Å²) in [5, 5.41) is 0. The van der Waals surface area contributed by atoms with Gasteiger partial charge in [0.25, 0.3) is 0 Å². The second-order valence-electron chi connectivity index (χ2n) is 4.74. The lowest BCUT2D eigenvalue weighted by molar-refractivity contribution is -0.907. The van der Waals surface area contributed by atoms with Gasteiger partial charge in [0.15, 0.2) is 5.78 Å². The fourth-order valence-corrected chi connectivity index (χ4v) is 2.25. The van der Waals surface area contributed by atoms with Crippen molar-refractivity contribution in [3.8, 4) is 5.75 Å². The third-order valence-electron chi connectivity index (χ3n) is 3.39. The quantitative estimate of drug-likeness (QED) is 0.764. The Hall–Kier alpha value is -1.39. The van der Waals surface area contributed by atoms with Crippen LogP contribution in [0.5, 0.6) is 5.75 Å². The number of morpholine rings is 1. The van der Waals surface area contributed by atoms with Gasteiger partial charge in [0.2, 0.25) is 0 Å². The second-order valence-corrected chi connectivity index (χ2v) is 4.74. The summed E-state index contributed by atoms with van der Waals surface area (Å²) in [7, 11) is 0. The van der Waals surface area contributed by atoms with Crippen molar-refractivity contribution in [2.75, 3.05) is 39.5 Å². The van der Waals surface area contributed by atoms with E-state index in [9.17, 15) is 4.79 Å². The van der Waals surface area contributed by atoms with Gasteiger partial charge in [-0.05, 0) is 31.2 Å². The van der Waals surface area contributed by atoms with Crippen LogP contribution in [0.4, 0.5) is 0 Å². The van der Waals surface area contributed by atoms with E-state index in [1.165, 1.54) is 4.90 Å². The Morgan fingerprint density at radius 2 is 1.95 bits per heavy atom. The minimum Gasteiger partial charge on any atom is -0.494 e. The van der Waals surface area contributed by atoms with E-state index in [4.69, 9.17) is 9.47 Å². The number of hydrogen-bond donors (Lipinski definition) is 1. The first-order valence-electron chi connectivity index (χ1n) is 6.97. The van der Waals surface area contributed by atoms with Crippen molar-refractivity contribution in [2.45, 2.75) is 13.3 Å². The maximum Gasteiger partial charge on any atom is 0.168 e. The SMILES string of the molecule is CCOc1ccc(C(=O)CC[NH+]2CCOCC2)cc1. The standard InChI is InChI=1S/C15H21NO3/c1-2-19-14-5-3-13(4-6-14)15(17)7-8-16-9-11-18-12-10-16/h3-6H,2,7-12H2,1H3/p+1. The predicted octanol–water partition coefficient (Wildman–Crippen LogP) is 0.573. The van der Waals surface area contributed by atoms with Crippen LogP contribution in [0.2, 0.25) is 0 Å². The summed E-state index contributed by atoms with van der Waals surface area (Å²) in [5.41, 5.74) is 0.774. The van der Waals surface area contributed by atoms with E-state index in [0.717, 1.165) is 44.2 Å². The minimum absolute atomic E-state index is 0.210. The lowest BCUT2D eigenvalue weighted by atomic mass is 10.1. The summed E-state index contributed by atoms with van der Waals surface area (Å²) in [5.74, 6) is 1.03. The number of nitrogens with one attached hydrogen (secondary N) is 1. The molecule has 1 aromatic carbocycles. The summed E-state index contributed by atoms with van der Waals surface area (Å²) < 4.78 is 10.7. The first-order valence-corrected chi connectivity index (χ1v) is 6.97. The summed E-state index contributed by atoms with van der Waals surface area (Å²) in [6, 6.07) is 7.42. The van der Waals surface area contributed by atoms with Crippen LogP contribution in [0, 0.1) is 0 Å². The highest BCUT2D eigenvalue weighted by atomic mass is 16.5. The van der Waals surface area contributed by atoms with Gasteiger partial charge in [0, 0.05) is 5.56 Å². The number of hydrogen-bond acceptors (Lipinski definition) is 3. The Labute approximate surface area is 114 Å². The van der Waals surface area contributed by atoms with Gasteiger partial charge in [-0.1, -0.05) is 0 Å². The normalized spacial score (nSPS) is 16.3. The Morgan fingerprint density at radius 1 is 1.26 bits per heavy atom. The van der Waals surface area contributed by atoms with Crippen LogP contribution in [0.25, 0.3) is 0 Å². The largest absolute Gasteiger partial charge is 0.494 e. The van der Waals surface area contributed by atoms with Gasteiger partial charge in [-0.2, -0.15) is 0 Å². The van der Waals surface area contributed by atoms with E-state index in [0.29, 0.717) is 13.0 Å². The zero-order valence-electron chi connectivity index (χ0n) is 11.5. The van der Waals surface area contributed by atoms with E-state index < -0.39 is 0 Å². The molecular formula is C15H22NO3+. The van der Waals surface area contributed by atoms with E-state index in [1.54, 1.807) is 0 Å². The van der Waals surface area contributed by atoms with E-state index in [-0.39, 0.29) is 5.78 Å². The molecular weight excluding hydrogens is 242 g/mol. The number of quaternary nitrogens is 1. The zero-order valence-corrected chi connectivity index (χ0v) is 11.5. The number of ketones is 1. The first-order chi connectivity index (χ1) is 9.29. The van der Waals surface area contributed by atoms with Gasteiger partial charge in [-0.15, -0.1) is 0 Å². The van der Waals surface area contributed by atoms with Crippen molar-refractivity contribution in [1.29, 1.82) is 0 Å². The Balaban J connectivity index is 1.81. The second kappa shape index (κ2) is 7.26. The van der Waals surface area contributed by atoms with Gasteiger partial charge in [-0.3, -0.25) is 4.79 Å². The number of benzene rings is 1. The number of rotatable bonds is 6. The summed E-state index contributed by atoms with van der Waals surface area (Å²) in [6.07, 6.45) is 0.601. The molecule has 1 N–H and O–H groups in total. The smallest absolute Gasteiger partial charge is 0.168 e. The highest BCUT2D eigenvalue weighted by molar-refractivity contribution is 5.96. The fourth-order valence-electron chi connectivity index (χ4n) is 2.25. The molecule has 0 atom stereocenters. The number of carbonyl (C=O) groups excluding carboxylic acids is 1. The van der Waals surface area contributed by atoms with Gasteiger partial charge in [-0.25, -0.2) is 0 Å². The monoisotopic (exact) mass is 264 g/mol. The lowest BCUT2D eigenvalue weighted by Gasteiger charge is -2.23. The molecule has 0 spiro atoms. The highest BCUT2D eigenvalue weighted by Crippen LogP contribution is 2.13. The van der Waals surface area contributed by atoms with Crippen LogP contribution in [-0.4, -0.2) is 45.2 Å². The highest BCUT2D eigenvalue weighted by Gasteiger charge is 2.15. The molecule has 0 bridgehead atoms. The molecule has 0 radical (unpaired) electrons. The lowest BCUT2D eigenvalue weighted by Crippen LogP contribution is -3.14. The molecule has 1 aliphatic rings. The molecule has 4 heteroatoms. The van der Waals surface area contributed by atoms with Gasteiger partial charge in [0.05, 0.1) is 32.8 Å². The van der Waals surface area contributed by atoms with Crippen LogP contribution in [0.1, 0.15) is 23.7 Å². The molecule has 0 unspecified atom stereocenters. The van der Waals surface area contributed by atoms with Crippen molar-refractivity contribution in [2.24, 2.45) is 0 Å². The molecule has 0 amide bonds. The average Bonchev–Trinajstić information content (AvgIpc) is 2.47. The molecule has 2 rings (SSSR count). The summed E-state index contributed by atoms with van der Waals surface area (Å²) in [6.45, 7) is 7.14. The molecule has 1 aliphatic heterocycles. The van der Waals surface area contributed by atoms with Crippen LogP contribution < -0.4 is 9.64 Å². The molecule has 1 saturated heterocycles. The van der Waals surface area contributed by atoms with Crippen LogP contribution >= 0.6 is 0 Å². The van der Waals surface area contributed by atoms with Crippen LogP contribution in [-0.2, 0) is 4.74 Å². The average molecular weight is 264 g/mol. The predicted molar refractivity (Wildman–Crippen MR) is 72.9 cm³/mol. The summed E-state index contributed by atoms with van der Waals surface area (Å²) in [4.78, 5) is 13.5. The molecule has 1 aromatic rings. The maximum absolute atomic E-state index is 12.1. The molecule has 1 heterocycles. The van der Waals surface area contributed by atoms with Crippen LogP contribution in [0.3, 0.4) is 0 Å². The minimum atomic E-state index is 0.210. The Kier molecular flexibility index (Phi) is 5.36. The van der Waals surface area contributed by atoms with Crippen molar-refractivity contribution in [1.82, 2.24) is 0 Å². The van der Waals surface area contributed by atoms with Crippen LogP contribution in [0.15, 0.2) is 24.3 Å².